The van der Waals surface area contributed by atoms with Crippen LogP contribution in [0.15, 0.2) is 5.38 Å². The number of hydrogen-bond acceptors (Lipinski definition) is 5. The van der Waals surface area contributed by atoms with Crippen molar-refractivity contribution < 1.29 is 0 Å². The third-order valence-corrected chi connectivity index (χ3v) is 4.49. The number of rotatable bonds is 6. The van der Waals surface area contributed by atoms with Gasteiger partial charge in [-0.15, -0.1) is 62.3 Å². The third kappa shape index (κ3) is 8.06. The molecule has 132 valence electrons. The van der Waals surface area contributed by atoms with Crippen LogP contribution in [0.2, 0.25) is 0 Å². The van der Waals surface area contributed by atoms with Gasteiger partial charge in [-0.05, 0) is 27.1 Å². The minimum Gasteiger partial charge on any atom is -0.346 e. The molecule has 4 nitrogen and oxygen atoms in total. The number of likely N-dealkylation sites (N-methyl/N-ethyl adjacent to an activating group) is 1. The molecule has 0 unspecified atom stereocenters. The Balaban J connectivity index is 0. The zero-order chi connectivity index (χ0) is 13.7. The molecular formula is C14H29Br3N4S. The van der Waals surface area contributed by atoms with Gasteiger partial charge in [-0.2, -0.15) is 0 Å². The van der Waals surface area contributed by atoms with E-state index in [2.05, 4.69) is 41.1 Å². The molecule has 0 aromatic carbocycles. The molecule has 0 spiro atoms. The van der Waals surface area contributed by atoms with Gasteiger partial charge in [-0.3, -0.25) is 4.90 Å². The Morgan fingerprint density at radius 3 is 2.32 bits per heavy atom. The molecule has 0 amide bonds. The number of aromatic nitrogens is 1. The van der Waals surface area contributed by atoms with Crippen LogP contribution in [0.5, 0.6) is 0 Å². The van der Waals surface area contributed by atoms with E-state index in [9.17, 15) is 0 Å². The van der Waals surface area contributed by atoms with Crippen LogP contribution in [0.1, 0.15) is 19.0 Å². The molecular weight excluding hydrogens is 496 g/mol. The molecule has 1 aliphatic rings. The van der Waals surface area contributed by atoms with Crippen LogP contribution in [0.25, 0.3) is 0 Å². The summed E-state index contributed by atoms with van der Waals surface area (Å²) >= 11 is 1.80. The van der Waals surface area contributed by atoms with Crippen LogP contribution < -0.4 is 4.90 Å². The fourth-order valence-corrected chi connectivity index (χ4v) is 3.29. The first-order valence-electron chi connectivity index (χ1n) is 7.25. The Morgan fingerprint density at radius 2 is 1.77 bits per heavy atom. The summed E-state index contributed by atoms with van der Waals surface area (Å²) < 4.78 is 0. The molecule has 1 aliphatic heterocycles. The summed E-state index contributed by atoms with van der Waals surface area (Å²) in [7, 11) is 4.22. The average Bonchev–Trinajstić information content (AvgIpc) is 2.86. The van der Waals surface area contributed by atoms with Crippen molar-refractivity contribution in [3.05, 3.63) is 11.1 Å². The van der Waals surface area contributed by atoms with Gasteiger partial charge < -0.3 is 9.80 Å². The minimum atomic E-state index is 0. The molecule has 0 aliphatic carbocycles. The molecule has 2 heterocycles. The number of halogens is 3. The predicted molar refractivity (Wildman–Crippen MR) is 114 cm³/mol. The van der Waals surface area contributed by atoms with Crippen molar-refractivity contribution >= 4 is 67.4 Å². The van der Waals surface area contributed by atoms with E-state index in [0.717, 1.165) is 26.1 Å². The van der Waals surface area contributed by atoms with E-state index < -0.39 is 0 Å². The molecule has 0 bridgehead atoms. The molecule has 0 atom stereocenters. The second-order valence-corrected chi connectivity index (χ2v) is 6.34. The van der Waals surface area contributed by atoms with Crippen LogP contribution in [-0.4, -0.2) is 68.1 Å². The molecule has 0 N–H and O–H groups in total. The first-order chi connectivity index (χ1) is 9.19. The van der Waals surface area contributed by atoms with Gasteiger partial charge in [0.15, 0.2) is 5.13 Å². The highest BCUT2D eigenvalue weighted by Crippen LogP contribution is 2.22. The highest BCUT2D eigenvalue weighted by atomic mass is 79.9. The summed E-state index contributed by atoms with van der Waals surface area (Å²) in [6.45, 7) is 9.18. The van der Waals surface area contributed by atoms with Gasteiger partial charge in [0.2, 0.25) is 0 Å². The molecule has 0 saturated carbocycles. The molecule has 2 rings (SSSR count). The van der Waals surface area contributed by atoms with Crippen molar-refractivity contribution in [1.29, 1.82) is 0 Å². The van der Waals surface area contributed by atoms with Crippen LogP contribution in [0, 0.1) is 0 Å². The van der Waals surface area contributed by atoms with E-state index in [1.54, 1.807) is 11.3 Å². The van der Waals surface area contributed by atoms with Gasteiger partial charge in [-0.25, -0.2) is 4.98 Å². The van der Waals surface area contributed by atoms with Crippen molar-refractivity contribution in [3.63, 3.8) is 0 Å². The smallest absolute Gasteiger partial charge is 0.185 e. The van der Waals surface area contributed by atoms with Gasteiger partial charge in [0.05, 0.1) is 5.69 Å². The Labute approximate surface area is 170 Å². The summed E-state index contributed by atoms with van der Waals surface area (Å²) in [6.07, 6.45) is 2.31. The van der Waals surface area contributed by atoms with Crippen LogP contribution >= 0.6 is 62.3 Å². The van der Waals surface area contributed by atoms with Gasteiger partial charge in [0, 0.05) is 44.5 Å². The fourth-order valence-electron chi connectivity index (χ4n) is 2.37. The van der Waals surface area contributed by atoms with Gasteiger partial charge in [-0.1, -0.05) is 6.92 Å². The quantitative estimate of drug-likeness (QED) is 0.568. The molecule has 1 saturated heterocycles. The lowest BCUT2D eigenvalue weighted by Gasteiger charge is -2.34. The first-order valence-corrected chi connectivity index (χ1v) is 8.13. The topological polar surface area (TPSA) is 22.6 Å². The van der Waals surface area contributed by atoms with Crippen molar-refractivity contribution in [2.45, 2.75) is 19.8 Å². The summed E-state index contributed by atoms with van der Waals surface area (Å²) in [4.78, 5) is 12.0. The Morgan fingerprint density at radius 1 is 1.14 bits per heavy atom. The maximum Gasteiger partial charge on any atom is 0.185 e. The molecule has 1 aromatic rings. The SMILES string of the molecule is Br.Br.Br.CCCN1CCN(c2nc(CCN(C)C)cs2)CC1. The highest BCUT2D eigenvalue weighted by molar-refractivity contribution is 8.93. The largest absolute Gasteiger partial charge is 0.346 e. The monoisotopic (exact) mass is 522 g/mol. The average molecular weight is 525 g/mol. The molecule has 22 heavy (non-hydrogen) atoms. The normalized spacial score (nSPS) is 15.0. The van der Waals surface area contributed by atoms with E-state index in [1.807, 2.05) is 0 Å². The molecule has 1 fully saturated rings. The molecule has 8 heteroatoms. The minimum absolute atomic E-state index is 0. The number of thiazole rings is 1. The van der Waals surface area contributed by atoms with Gasteiger partial charge >= 0.3 is 0 Å². The second kappa shape index (κ2) is 13.1. The predicted octanol–water partition coefficient (Wildman–Crippen LogP) is 3.51. The van der Waals surface area contributed by atoms with E-state index in [4.69, 9.17) is 4.98 Å². The van der Waals surface area contributed by atoms with Crippen molar-refractivity contribution in [1.82, 2.24) is 14.8 Å². The number of nitrogens with zero attached hydrogens (tertiary/aromatic N) is 4. The van der Waals surface area contributed by atoms with E-state index in [1.165, 1.54) is 36.9 Å². The fraction of sp³-hybridized carbons (Fsp3) is 0.786. The van der Waals surface area contributed by atoms with E-state index in [-0.39, 0.29) is 50.9 Å². The summed E-state index contributed by atoms with van der Waals surface area (Å²) in [6, 6.07) is 0. The standard InChI is InChI=1S/C14H26N4S.3BrH/c1-4-6-17-8-10-18(11-9-17)14-15-13(12-19-14)5-7-16(2)3;;;/h12H,4-11H2,1-3H3;3*1H. The summed E-state index contributed by atoms with van der Waals surface area (Å²) in [5.41, 5.74) is 1.24. The van der Waals surface area contributed by atoms with Crippen LogP contribution in [-0.2, 0) is 6.42 Å². The number of anilines is 1. The lowest BCUT2D eigenvalue weighted by atomic mass is 10.3. The van der Waals surface area contributed by atoms with Gasteiger partial charge in [0.1, 0.15) is 0 Å². The number of piperazine rings is 1. The summed E-state index contributed by atoms with van der Waals surface area (Å²) in [5, 5.41) is 3.43. The molecule has 0 radical (unpaired) electrons. The first kappa shape index (κ1) is 25.0. The maximum absolute atomic E-state index is 4.78. The maximum atomic E-state index is 4.78. The third-order valence-electron chi connectivity index (χ3n) is 3.54. The van der Waals surface area contributed by atoms with Crippen molar-refractivity contribution in [3.8, 4) is 0 Å². The zero-order valence-electron chi connectivity index (χ0n) is 13.7. The van der Waals surface area contributed by atoms with Crippen molar-refractivity contribution in [2.24, 2.45) is 0 Å². The Hall–Kier alpha value is 0.790. The van der Waals surface area contributed by atoms with Gasteiger partial charge in [0.25, 0.3) is 0 Å². The summed E-state index contributed by atoms with van der Waals surface area (Å²) in [5.74, 6) is 0. The second-order valence-electron chi connectivity index (χ2n) is 5.50. The van der Waals surface area contributed by atoms with E-state index >= 15 is 0 Å². The van der Waals surface area contributed by atoms with Crippen LogP contribution in [0.4, 0.5) is 5.13 Å². The highest BCUT2D eigenvalue weighted by Gasteiger charge is 2.18. The molecule has 1 aromatic heterocycles. The Kier molecular flexibility index (Phi) is 14.9. The lowest BCUT2D eigenvalue weighted by Crippen LogP contribution is -2.46. The Bertz CT molecular complexity index is 382. The van der Waals surface area contributed by atoms with E-state index in [0.29, 0.717) is 0 Å². The van der Waals surface area contributed by atoms with Crippen molar-refractivity contribution in [2.75, 3.05) is 58.3 Å². The lowest BCUT2D eigenvalue weighted by molar-refractivity contribution is 0.258. The van der Waals surface area contributed by atoms with Crippen LogP contribution in [0.3, 0.4) is 0 Å². The number of hydrogen-bond donors (Lipinski definition) is 0. The zero-order valence-corrected chi connectivity index (χ0v) is 19.6.